The van der Waals surface area contributed by atoms with Crippen LogP contribution >= 0.6 is 11.3 Å². The van der Waals surface area contributed by atoms with Crippen LogP contribution < -0.4 is 10.6 Å². The Labute approximate surface area is 168 Å². The first-order valence-corrected chi connectivity index (χ1v) is 9.49. The van der Waals surface area contributed by atoms with Crippen molar-refractivity contribution in [1.29, 1.82) is 0 Å². The normalized spacial score (nSPS) is 11.3. The molecule has 9 heteroatoms. The maximum absolute atomic E-state index is 13.4. The summed E-state index contributed by atoms with van der Waals surface area (Å²) in [6.45, 7) is 2.03. The highest BCUT2D eigenvalue weighted by Gasteiger charge is 2.33. The van der Waals surface area contributed by atoms with E-state index in [2.05, 4.69) is 15.6 Å². The van der Waals surface area contributed by atoms with Crippen LogP contribution in [0.1, 0.15) is 16.1 Å². The van der Waals surface area contributed by atoms with Crippen LogP contribution in [0.3, 0.4) is 0 Å². The number of benzene rings is 2. The van der Waals surface area contributed by atoms with Gasteiger partial charge in [0.15, 0.2) is 0 Å². The number of nitrogens with zero attached hydrogens (tertiary/aromatic N) is 1. The third kappa shape index (κ3) is 5.32. The number of aryl methyl sites for hydroxylation is 1. The number of hydrogen-bond acceptors (Lipinski definition) is 3. The molecule has 0 unspecified atom stereocenters. The van der Waals surface area contributed by atoms with E-state index in [0.29, 0.717) is 17.0 Å². The van der Waals surface area contributed by atoms with Crippen molar-refractivity contribution in [1.82, 2.24) is 10.3 Å². The van der Waals surface area contributed by atoms with Crippen LogP contribution in [0.5, 0.6) is 0 Å². The standard InChI is InChI=1S/C20H17F4N3OS/c1-12-17(29-18(26-12)13-5-4-6-14(21)11-13)9-10-25-19(28)27-16-8-3-2-7-15(16)20(22,23)24/h2-8,11H,9-10H2,1H3,(H2,25,27,28). The number of alkyl halides is 3. The number of anilines is 1. The maximum Gasteiger partial charge on any atom is 0.418 e. The van der Waals surface area contributed by atoms with Gasteiger partial charge in [-0.1, -0.05) is 24.3 Å². The summed E-state index contributed by atoms with van der Waals surface area (Å²) in [5, 5.41) is 5.44. The van der Waals surface area contributed by atoms with Crippen molar-refractivity contribution in [3.63, 3.8) is 0 Å². The Bertz CT molecular complexity index is 1020. The number of para-hydroxylation sites is 1. The molecule has 0 aliphatic heterocycles. The fourth-order valence-corrected chi connectivity index (χ4v) is 3.76. The molecule has 2 amide bonds. The van der Waals surface area contributed by atoms with E-state index in [1.165, 1.54) is 41.7 Å². The quantitative estimate of drug-likeness (QED) is 0.522. The molecule has 1 heterocycles. The van der Waals surface area contributed by atoms with Crippen molar-refractivity contribution < 1.29 is 22.4 Å². The second-order valence-corrected chi connectivity index (χ2v) is 7.30. The average Bonchev–Trinajstić information content (AvgIpc) is 3.02. The van der Waals surface area contributed by atoms with Gasteiger partial charge < -0.3 is 10.6 Å². The number of nitrogens with one attached hydrogen (secondary N) is 2. The van der Waals surface area contributed by atoms with Gasteiger partial charge in [0.25, 0.3) is 0 Å². The van der Waals surface area contributed by atoms with E-state index in [-0.39, 0.29) is 18.0 Å². The van der Waals surface area contributed by atoms with Gasteiger partial charge in [-0.25, -0.2) is 14.2 Å². The molecule has 0 atom stereocenters. The van der Waals surface area contributed by atoms with Gasteiger partial charge in [-0.05, 0) is 31.2 Å². The van der Waals surface area contributed by atoms with Crippen LogP contribution in [0.2, 0.25) is 0 Å². The second kappa shape index (κ2) is 8.60. The van der Waals surface area contributed by atoms with E-state index in [4.69, 9.17) is 0 Å². The van der Waals surface area contributed by atoms with E-state index in [1.54, 1.807) is 12.1 Å². The van der Waals surface area contributed by atoms with Crippen LogP contribution in [0, 0.1) is 12.7 Å². The van der Waals surface area contributed by atoms with Crippen LogP contribution in [-0.4, -0.2) is 17.6 Å². The minimum atomic E-state index is -4.56. The summed E-state index contributed by atoms with van der Waals surface area (Å²) in [5.41, 5.74) is 0.214. The van der Waals surface area contributed by atoms with Gasteiger partial charge in [0, 0.05) is 23.4 Å². The predicted octanol–water partition coefficient (Wildman–Crippen LogP) is 5.64. The molecule has 4 nitrogen and oxygen atoms in total. The number of thiazole rings is 1. The first-order valence-electron chi connectivity index (χ1n) is 8.67. The maximum atomic E-state index is 13.4. The molecule has 1 aromatic heterocycles. The highest BCUT2D eigenvalue weighted by molar-refractivity contribution is 7.15. The summed E-state index contributed by atoms with van der Waals surface area (Å²) in [4.78, 5) is 17.3. The SMILES string of the molecule is Cc1nc(-c2cccc(F)c2)sc1CCNC(=O)Nc1ccccc1C(F)(F)F. The Morgan fingerprint density at radius 1 is 1.14 bits per heavy atom. The van der Waals surface area contributed by atoms with Gasteiger partial charge >= 0.3 is 12.2 Å². The molecule has 0 radical (unpaired) electrons. The lowest BCUT2D eigenvalue weighted by Gasteiger charge is -2.13. The zero-order chi connectivity index (χ0) is 21.0. The van der Waals surface area contributed by atoms with Gasteiger partial charge in [0.05, 0.1) is 16.9 Å². The first kappa shape index (κ1) is 20.8. The summed E-state index contributed by atoms with van der Waals surface area (Å²) >= 11 is 1.38. The summed E-state index contributed by atoms with van der Waals surface area (Å²) in [6.07, 6.45) is -4.11. The zero-order valence-electron chi connectivity index (χ0n) is 15.3. The van der Waals surface area contributed by atoms with Gasteiger partial charge in [-0.3, -0.25) is 0 Å². The minimum Gasteiger partial charge on any atom is -0.338 e. The number of hydrogen-bond donors (Lipinski definition) is 2. The number of rotatable bonds is 5. The molecular weight excluding hydrogens is 406 g/mol. The van der Waals surface area contributed by atoms with Gasteiger partial charge in [-0.15, -0.1) is 11.3 Å². The predicted molar refractivity (Wildman–Crippen MR) is 104 cm³/mol. The highest BCUT2D eigenvalue weighted by atomic mass is 32.1. The molecule has 0 fully saturated rings. The van der Waals surface area contributed by atoms with Crippen LogP contribution in [-0.2, 0) is 12.6 Å². The molecule has 0 saturated heterocycles. The van der Waals surface area contributed by atoms with E-state index < -0.39 is 17.8 Å². The van der Waals surface area contributed by atoms with Crippen LogP contribution in [0.4, 0.5) is 28.0 Å². The molecular formula is C20H17F4N3OS. The lowest BCUT2D eigenvalue weighted by atomic mass is 10.1. The van der Waals surface area contributed by atoms with E-state index in [0.717, 1.165) is 16.6 Å². The average molecular weight is 423 g/mol. The Kier molecular flexibility index (Phi) is 6.17. The fraction of sp³-hybridized carbons (Fsp3) is 0.200. The van der Waals surface area contributed by atoms with Crippen molar-refractivity contribution in [2.75, 3.05) is 11.9 Å². The van der Waals surface area contributed by atoms with Crippen LogP contribution in [0.15, 0.2) is 48.5 Å². The molecule has 0 saturated carbocycles. The Morgan fingerprint density at radius 2 is 1.90 bits per heavy atom. The lowest BCUT2D eigenvalue weighted by molar-refractivity contribution is -0.136. The van der Waals surface area contributed by atoms with Crippen molar-refractivity contribution in [3.8, 4) is 10.6 Å². The second-order valence-electron chi connectivity index (χ2n) is 6.21. The molecule has 152 valence electrons. The van der Waals surface area contributed by atoms with Crippen molar-refractivity contribution >= 4 is 23.1 Å². The topological polar surface area (TPSA) is 54.0 Å². The molecule has 0 bridgehead atoms. The molecule has 3 aromatic rings. The monoisotopic (exact) mass is 423 g/mol. The minimum absolute atomic E-state index is 0.214. The molecule has 2 aromatic carbocycles. The van der Waals surface area contributed by atoms with E-state index in [9.17, 15) is 22.4 Å². The van der Waals surface area contributed by atoms with E-state index >= 15 is 0 Å². The third-order valence-corrected chi connectivity index (χ3v) is 5.35. The first-order chi connectivity index (χ1) is 13.7. The van der Waals surface area contributed by atoms with Gasteiger partial charge in [0.2, 0.25) is 0 Å². The number of carbonyl (C=O) groups is 1. The summed E-state index contributed by atoms with van der Waals surface area (Å²) < 4.78 is 52.3. The van der Waals surface area contributed by atoms with Crippen molar-refractivity contribution in [2.24, 2.45) is 0 Å². The number of carbonyl (C=O) groups excluding carboxylic acids is 1. The Balaban J connectivity index is 1.59. The molecule has 3 rings (SSSR count). The number of aromatic nitrogens is 1. The smallest absolute Gasteiger partial charge is 0.338 e. The summed E-state index contributed by atoms with van der Waals surface area (Å²) in [5.74, 6) is -0.352. The van der Waals surface area contributed by atoms with Gasteiger partial charge in [-0.2, -0.15) is 13.2 Å². The lowest BCUT2D eigenvalue weighted by Crippen LogP contribution is -2.31. The molecule has 29 heavy (non-hydrogen) atoms. The number of amides is 2. The molecule has 0 aliphatic carbocycles. The Hall–Kier alpha value is -2.94. The zero-order valence-corrected chi connectivity index (χ0v) is 16.1. The van der Waals surface area contributed by atoms with Crippen molar-refractivity contribution in [2.45, 2.75) is 19.5 Å². The largest absolute Gasteiger partial charge is 0.418 e. The van der Waals surface area contributed by atoms with Crippen LogP contribution in [0.25, 0.3) is 10.6 Å². The molecule has 0 aliphatic rings. The Morgan fingerprint density at radius 3 is 2.62 bits per heavy atom. The van der Waals surface area contributed by atoms with Crippen molar-refractivity contribution in [3.05, 3.63) is 70.5 Å². The highest BCUT2D eigenvalue weighted by Crippen LogP contribution is 2.34. The number of urea groups is 1. The fourth-order valence-electron chi connectivity index (χ4n) is 2.70. The van der Waals surface area contributed by atoms with Gasteiger partial charge in [0.1, 0.15) is 10.8 Å². The third-order valence-electron chi connectivity index (χ3n) is 4.08. The molecule has 2 N–H and O–H groups in total. The summed E-state index contributed by atoms with van der Waals surface area (Å²) in [6, 6.07) is 10.2. The van der Waals surface area contributed by atoms with E-state index in [1.807, 2.05) is 6.92 Å². The number of halogens is 4. The molecule has 0 spiro atoms. The summed E-state index contributed by atoms with van der Waals surface area (Å²) in [7, 11) is 0.